The fourth-order valence-electron chi connectivity index (χ4n) is 4.34. The van der Waals surface area contributed by atoms with Gasteiger partial charge in [0.15, 0.2) is 16.5 Å². The van der Waals surface area contributed by atoms with Crippen LogP contribution in [0.5, 0.6) is 5.75 Å². The van der Waals surface area contributed by atoms with Crippen LogP contribution in [0.25, 0.3) is 10.6 Å². The Labute approximate surface area is 200 Å². The van der Waals surface area contributed by atoms with Crippen molar-refractivity contribution in [2.45, 2.75) is 52.2 Å². The first-order chi connectivity index (χ1) is 16.2. The molecule has 180 valence electrons. The highest BCUT2D eigenvalue weighted by molar-refractivity contribution is 7.14. The van der Waals surface area contributed by atoms with E-state index in [1.54, 1.807) is 27.8 Å². The molecule has 0 aliphatic carbocycles. The zero-order chi connectivity index (χ0) is 24.6. The number of benzene rings is 1. The zero-order valence-electron chi connectivity index (χ0n) is 19.5. The molecule has 10 heteroatoms. The zero-order valence-corrected chi connectivity index (χ0v) is 20.3. The Hall–Kier alpha value is -3.11. The number of hydrogen-bond donors (Lipinski definition) is 1. The van der Waals surface area contributed by atoms with Gasteiger partial charge in [-0.3, -0.25) is 9.59 Å². The standard InChI is InChI=1S/C24H27FN4O4S/c1-5-33-12-18-14(4)29(13(2)3)24(32)20-22(31)21(30)17(11-28(18)20)23-27-26-19(34-23)10-15-6-8-16(25)9-7-15/h6-9,11,13-14,18,31H,5,10,12H2,1-4H3/t14-,18+/m1/s1. The third-order valence-corrected chi connectivity index (χ3v) is 6.97. The van der Waals surface area contributed by atoms with E-state index in [2.05, 4.69) is 10.2 Å². The molecule has 1 aliphatic rings. The largest absolute Gasteiger partial charge is 0.503 e. The summed E-state index contributed by atoms with van der Waals surface area (Å²) in [6.45, 7) is 8.43. The van der Waals surface area contributed by atoms with Crippen molar-refractivity contribution in [3.05, 3.63) is 62.8 Å². The van der Waals surface area contributed by atoms with Crippen LogP contribution in [0.1, 0.15) is 54.8 Å². The van der Waals surface area contributed by atoms with Crippen LogP contribution in [0.2, 0.25) is 0 Å². The molecule has 0 saturated carbocycles. The van der Waals surface area contributed by atoms with Crippen LogP contribution in [0, 0.1) is 5.82 Å². The van der Waals surface area contributed by atoms with Gasteiger partial charge in [-0.05, 0) is 45.4 Å². The maximum absolute atomic E-state index is 13.3. The number of rotatable bonds is 7. The number of carbonyl (C=O) groups is 1. The number of nitrogens with zero attached hydrogens (tertiary/aromatic N) is 4. The smallest absolute Gasteiger partial charge is 0.275 e. The molecule has 2 atom stereocenters. The number of hydrogen-bond acceptors (Lipinski definition) is 7. The number of fused-ring (bicyclic) bond motifs is 1. The van der Waals surface area contributed by atoms with Crippen LogP contribution >= 0.6 is 11.3 Å². The molecule has 0 fully saturated rings. The summed E-state index contributed by atoms with van der Waals surface area (Å²) in [5.41, 5.74) is 0.321. The first kappa shape index (κ1) is 24.0. The summed E-state index contributed by atoms with van der Waals surface area (Å²) in [5, 5.41) is 20.2. The maximum atomic E-state index is 13.3. The SMILES string of the molecule is CCOC[C@H]1[C@@H](C)N(C(C)C)C(=O)c2c(O)c(=O)c(-c3nnc(Cc4ccc(F)cc4)s3)cn21. The minimum absolute atomic E-state index is 0.0405. The van der Waals surface area contributed by atoms with E-state index in [-0.39, 0.29) is 35.2 Å². The number of amides is 1. The molecule has 8 nitrogen and oxygen atoms in total. The van der Waals surface area contributed by atoms with Gasteiger partial charge in [-0.1, -0.05) is 23.5 Å². The molecule has 0 unspecified atom stereocenters. The number of aromatic hydroxyl groups is 1. The second-order valence-electron chi connectivity index (χ2n) is 8.55. The molecule has 1 amide bonds. The Balaban J connectivity index is 1.77. The molecule has 0 radical (unpaired) electrons. The van der Waals surface area contributed by atoms with Gasteiger partial charge >= 0.3 is 0 Å². The second kappa shape index (κ2) is 9.63. The van der Waals surface area contributed by atoms with Crippen molar-refractivity contribution in [1.29, 1.82) is 0 Å². The van der Waals surface area contributed by atoms with Crippen molar-refractivity contribution in [3.63, 3.8) is 0 Å². The van der Waals surface area contributed by atoms with E-state index in [4.69, 9.17) is 4.74 Å². The van der Waals surface area contributed by atoms with Crippen molar-refractivity contribution in [2.24, 2.45) is 0 Å². The predicted octanol–water partition coefficient (Wildman–Crippen LogP) is 3.63. The molecule has 0 saturated heterocycles. The van der Waals surface area contributed by atoms with E-state index in [9.17, 15) is 19.1 Å². The van der Waals surface area contributed by atoms with Crippen molar-refractivity contribution in [2.75, 3.05) is 13.2 Å². The molecule has 34 heavy (non-hydrogen) atoms. The highest BCUT2D eigenvalue weighted by atomic mass is 32.1. The lowest BCUT2D eigenvalue weighted by molar-refractivity contribution is 0.0252. The Morgan fingerprint density at radius 1 is 1.21 bits per heavy atom. The van der Waals surface area contributed by atoms with Crippen LogP contribution in [0.4, 0.5) is 4.39 Å². The Morgan fingerprint density at radius 2 is 1.91 bits per heavy atom. The number of halogens is 1. The summed E-state index contributed by atoms with van der Waals surface area (Å²) in [5.74, 6) is -1.32. The lowest BCUT2D eigenvalue weighted by atomic mass is 9.99. The van der Waals surface area contributed by atoms with Crippen LogP contribution in [-0.4, -0.2) is 56.0 Å². The lowest BCUT2D eigenvalue weighted by Gasteiger charge is -2.43. The summed E-state index contributed by atoms with van der Waals surface area (Å²) in [6, 6.07) is 5.46. The van der Waals surface area contributed by atoms with Gasteiger partial charge in [0, 0.05) is 25.3 Å². The minimum atomic E-state index is -0.669. The average Bonchev–Trinajstić information content (AvgIpc) is 3.25. The molecule has 0 bridgehead atoms. The fourth-order valence-corrected chi connectivity index (χ4v) is 5.22. The van der Waals surface area contributed by atoms with Gasteiger partial charge in [0.05, 0.1) is 24.3 Å². The molecule has 4 rings (SSSR count). The van der Waals surface area contributed by atoms with E-state index >= 15 is 0 Å². The van der Waals surface area contributed by atoms with Gasteiger partial charge in [0.25, 0.3) is 5.91 Å². The van der Waals surface area contributed by atoms with E-state index in [0.29, 0.717) is 29.6 Å². The molecule has 0 spiro atoms. The second-order valence-corrected chi connectivity index (χ2v) is 9.62. The average molecular weight is 487 g/mol. The molecule has 1 N–H and O–H groups in total. The number of ether oxygens (including phenoxy) is 1. The maximum Gasteiger partial charge on any atom is 0.275 e. The Bertz CT molecular complexity index is 1250. The molecule has 1 aliphatic heterocycles. The lowest BCUT2D eigenvalue weighted by Crippen LogP contribution is -2.54. The fraction of sp³-hybridized carbons (Fsp3) is 0.417. The molecule has 3 heterocycles. The number of pyridine rings is 1. The van der Waals surface area contributed by atoms with Gasteiger partial charge in [0.1, 0.15) is 10.8 Å². The molecule has 1 aromatic carbocycles. The molecular weight excluding hydrogens is 459 g/mol. The van der Waals surface area contributed by atoms with Gasteiger partial charge in [0.2, 0.25) is 5.43 Å². The minimum Gasteiger partial charge on any atom is -0.503 e. The molecular formula is C24H27FN4O4S. The van der Waals surface area contributed by atoms with Crippen LogP contribution < -0.4 is 5.43 Å². The number of carbonyl (C=O) groups excluding carboxylic acids is 1. The summed E-state index contributed by atoms with van der Waals surface area (Å²) in [4.78, 5) is 28.0. The van der Waals surface area contributed by atoms with Crippen LogP contribution in [-0.2, 0) is 11.2 Å². The summed E-state index contributed by atoms with van der Waals surface area (Å²) in [6.07, 6.45) is 2.01. The van der Waals surface area contributed by atoms with E-state index < -0.39 is 17.1 Å². The van der Waals surface area contributed by atoms with Crippen LogP contribution in [0.3, 0.4) is 0 Å². The molecule has 2 aromatic heterocycles. The Morgan fingerprint density at radius 3 is 2.56 bits per heavy atom. The van der Waals surface area contributed by atoms with Crippen molar-refractivity contribution in [3.8, 4) is 16.3 Å². The summed E-state index contributed by atoms with van der Waals surface area (Å²) < 4.78 is 20.5. The van der Waals surface area contributed by atoms with E-state index in [1.165, 1.54) is 23.5 Å². The molecule has 3 aromatic rings. The van der Waals surface area contributed by atoms with Gasteiger partial charge < -0.3 is 19.3 Å². The first-order valence-electron chi connectivity index (χ1n) is 11.2. The topological polar surface area (TPSA) is 97.6 Å². The predicted molar refractivity (Wildman–Crippen MR) is 127 cm³/mol. The van der Waals surface area contributed by atoms with Gasteiger partial charge in [-0.25, -0.2) is 4.39 Å². The van der Waals surface area contributed by atoms with Gasteiger partial charge in [-0.2, -0.15) is 0 Å². The highest BCUT2D eigenvalue weighted by Crippen LogP contribution is 2.34. The summed E-state index contributed by atoms with van der Waals surface area (Å²) in [7, 11) is 0. The third kappa shape index (κ3) is 4.35. The number of aromatic nitrogens is 3. The van der Waals surface area contributed by atoms with Crippen molar-refractivity contribution >= 4 is 17.2 Å². The monoisotopic (exact) mass is 486 g/mol. The van der Waals surface area contributed by atoms with E-state index in [1.807, 2.05) is 27.7 Å². The quantitative estimate of drug-likeness (QED) is 0.548. The third-order valence-electron chi connectivity index (χ3n) is 6.02. The van der Waals surface area contributed by atoms with Gasteiger partial charge in [-0.15, -0.1) is 10.2 Å². The highest BCUT2D eigenvalue weighted by Gasteiger charge is 2.41. The van der Waals surface area contributed by atoms with E-state index in [0.717, 1.165) is 5.56 Å². The van der Waals surface area contributed by atoms with Crippen LogP contribution in [0.15, 0.2) is 35.3 Å². The summed E-state index contributed by atoms with van der Waals surface area (Å²) >= 11 is 1.22. The Kier molecular flexibility index (Phi) is 6.81. The van der Waals surface area contributed by atoms with Crippen molar-refractivity contribution < 1.29 is 19.0 Å². The first-order valence-corrected chi connectivity index (χ1v) is 12.0. The normalized spacial score (nSPS) is 17.9. The van der Waals surface area contributed by atoms with Crippen molar-refractivity contribution in [1.82, 2.24) is 19.7 Å².